The van der Waals surface area contributed by atoms with Crippen LogP contribution in [-0.4, -0.2) is 75.8 Å². The van der Waals surface area contributed by atoms with Gasteiger partial charge < -0.3 is 24.8 Å². The van der Waals surface area contributed by atoms with Gasteiger partial charge in [-0.3, -0.25) is 4.99 Å². The molecule has 8 heteroatoms. The molecule has 0 atom stereocenters. The Kier molecular flexibility index (Phi) is 9.65. The van der Waals surface area contributed by atoms with Gasteiger partial charge in [-0.2, -0.15) is 11.8 Å². The molecule has 0 unspecified atom stereocenters. The van der Waals surface area contributed by atoms with Crippen molar-refractivity contribution in [1.29, 1.82) is 0 Å². The largest absolute Gasteiger partial charge is 0.497 e. The molecule has 174 valence electrons. The summed E-state index contributed by atoms with van der Waals surface area (Å²) in [6.45, 7) is 6.92. The number of guanidine groups is 1. The van der Waals surface area contributed by atoms with E-state index in [2.05, 4.69) is 67.5 Å². The Morgan fingerprint density at radius 1 is 0.938 bits per heavy atom. The predicted octanol–water partition coefficient (Wildman–Crippen LogP) is 3.76. The average molecular weight is 568 g/mol. The minimum absolute atomic E-state index is 0. The van der Waals surface area contributed by atoms with Crippen LogP contribution in [0.4, 0.5) is 11.4 Å². The second-order valence-electron chi connectivity index (χ2n) is 7.84. The van der Waals surface area contributed by atoms with E-state index in [4.69, 9.17) is 4.74 Å². The number of aliphatic imine (C=N–C) groups is 1. The molecule has 2 aromatic rings. The van der Waals surface area contributed by atoms with E-state index in [-0.39, 0.29) is 24.0 Å². The minimum Gasteiger partial charge on any atom is -0.497 e. The monoisotopic (exact) mass is 567 g/mol. The number of nitrogens with one attached hydrogen (secondary N) is 1. The maximum atomic E-state index is 5.37. The lowest BCUT2D eigenvalue weighted by Crippen LogP contribution is -2.52. The number of benzene rings is 2. The Labute approximate surface area is 213 Å². The molecule has 0 bridgehead atoms. The molecular formula is C24H34IN5OS. The lowest BCUT2D eigenvalue weighted by molar-refractivity contribution is 0.372. The van der Waals surface area contributed by atoms with E-state index in [0.29, 0.717) is 0 Å². The quantitative estimate of drug-likeness (QED) is 0.338. The van der Waals surface area contributed by atoms with Gasteiger partial charge in [0.1, 0.15) is 5.75 Å². The maximum absolute atomic E-state index is 5.37. The van der Waals surface area contributed by atoms with E-state index in [1.54, 1.807) is 7.11 Å². The number of thioether (sulfide) groups is 1. The fourth-order valence-electron chi connectivity index (χ4n) is 4.14. The van der Waals surface area contributed by atoms with Gasteiger partial charge in [-0.05, 0) is 29.8 Å². The number of halogens is 1. The minimum atomic E-state index is 0. The molecule has 2 saturated heterocycles. The van der Waals surface area contributed by atoms with Crippen LogP contribution in [0.5, 0.6) is 5.75 Å². The number of nitrogens with zero attached hydrogens (tertiary/aromatic N) is 4. The molecule has 2 aliphatic rings. The zero-order valence-corrected chi connectivity index (χ0v) is 22.1. The molecule has 0 amide bonds. The molecule has 2 fully saturated rings. The Morgan fingerprint density at radius 2 is 1.62 bits per heavy atom. The van der Waals surface area contributed by atoms with Crippen molar-refractivity contribution in [2.75, 3.05) is 74.7 Å². The lowest BCUT2D eigenvalue weighted by atomic mass is 10.2. The number of rotatable bonds is 5. The van der Waals surface area contributed by atoms with Crippen LogP contribution >= 0.6 is 35.7 Å². The molecule has 0 radical (unpaired) electrons. The molecule has 0 aromatic heterocycles. The first-order valence-corrected chi connectivity index (χ1v) is 12.2. The molecule has 1 N–H and O–H groups in total. The molecule has 6 nitrogen and oxygen atoms in total. The molecular weight excluding hydrogens is 533 g/mol. The highest BCUT2D eigenvalue weighted by Gasteiger charge is 2.20. The molecule has 2 heterocycles. The van der Waals surface area contributed by atoms with Gasteiger partial charge in [0.25, 0.3) is 0 Å². The van der Waals surface area contributed by atoms with Crippen LogP contribution in [0, 0.1) is 0 Å². The summed E-state index contributed by atoms with van der Waals surface area (Å²) in [6.07, 6.45) is 0. The summed E-state index contributed by atoms with van der Waals surface area (Å²) >= 11 is 2.05. The third kappa shape index (κ3) is 6.37. The highest BCUT2D eigenvalue weighted by Crippen LogP contribution is 2.22. The Bertz CT molecular complexity index is 865. The average Bonchev–Trinajstić information content (AvgIpc) is 2.86. The molecule has 2 aromatic carbocycles. The molecule has 4 rings (SSSR count). The first-order chi connectivity index (χ1) is 15.3. The van der Waals surface area contributed by atoms with Crippen molar-refractivity contribution in [3.8, 4) is 5.75 Å². The highest BCUT2D eigenvalue weighted by molar-refractivity contribution is 14.0. The normalized spacial score (nSPS) is 17.1. The van der Waals surface area contributed by atoms with Crippen LogP contribution in [0.2, 0.25) is 0 Å². The summed E-state index contributed by atoms with van der Waals surface area (Å²) in [5, 5.41) is 3.55. The summed E-state index contributed by atoms with van der Waals surface area (Å²) in [4.78, 5) is 11.8. The number of piperazine rings is 1. The Hall–Kier alpha value is -1.81. The van der Waals surface area contributed by atoms with Gasteiger partial charge in [0.05, 0.1) is 7.11 Å². The van der Waals surface area contributed by atoms with Gasteiger partial charge in [0.2, 0.25) is 0 Å². The molecule has 0 aliphatic carbocycles. The van der Waals surface area contributed by atoms with E-state index >= 15 is 0 Å². The first kappa shape index (κ1) is 24.8. The van der Waals surface area contributed by atoms with Crippen molar-refractivity contribution in [3.63, 3.8) is 0 Å². The molecule has 2 aliphatic heterocycles. The lowest BCUT2D eigenvalue weighted by Gasteiger charge is -2.37. The van der Waals surface area contributed by atoms with E-state index < -0.39 is 0 Å². The number of methoxy groups -OCH3 is 1. The highest BCUT2D eigenvalue weighted by atomic mass is 127. The van der Waals surface area contributed by atoms with Gasteiger partial charge in [0.15, 0.2) is 5.96 Å². The molecule has 0 saturated carbocycles. The summed E-state index contributed by atoms with van der Waals surface area (Å²) in [6, 6.07) is 17.3. The summed E-state index contributed by atoms with van der Waals surface area (Å²) in [5.41, 5.74) is 3.84. The summed E-state index contributed by atoms with van der Waals surface area (Å²) < 4.78 is 5.37. The van der Waals surface area contributed by atoms with Crippen LogP contribution in [0.1, 0.15) is 5.56 Å². The van der Waals surface area contributed by atoms with Gasteiger partial charge in [0, 0.05) is 81.8 Å². The summed E-state index contributed by atoms with van der Waals surface area (Å²) in [7, 11) is 3.58. The van der Waals surface area contributed by atoms with Crippen LogP contribution in [-0.2, 0) is 6.54 Å². The molecule has 32 heavy (non-hydrogen) atoms. The third-order valence-electron chi connectivity index (χ3n) is 5.97. The number of anilines is 2. The van der Waals surface area contributed by atoms with Crippen molar-refractivity contribution >= 4 is 53.1 Å². The number of hydrogen-bond acceptors (Lipinski definition) is 5. The topological polar surface area (TPSA) is 43.3 Å². The standard InChI is InChI=1S/C24H33N5OS.HI/c1-25-24(26-19-20-6-8-21(9-7-20)28-14-16-31-17-15-28)29-12-10-27(11-13-29)22-4-3-5-23(18-22)30-2;/h3-9,18H,10-17,19H2,1-2H3,(H,25,26);1H. The zero-order chi connectivity index (χ0) is 21.5. The van der Waals surface area contributed by atoms with Gasteiger partial charge in [-0.1, -0.05) is 18.2 Å². The third-order valence-corrected chi connectivity index (χ3v) is 6.92. The van der Waals surface area contributed by atoms with Crippen molar-refractivity contribution < 1.29 is 4.74 Å². The second-order valence-corrected chi connectivity index (χ2v) is 9.07. The zero-order valence-electron chi connectivity index (χ0n) is 19.0. The SMILES string of the molecule is CN=C(NCc1ccc(N2CCSCC2)cc1)N1CCN(c2cccc(OC)c2)CC1.I. The predicted molar refractivity (Wildman–Crippen MR) is 148 cm³/mol. The molecule has 0 spiro atoms. The van der Waals surface area contributed by atoms with E-state index in [1.165, 1.54) is 28.4 Å². The van der Waals surface area contributed by atoms with Crippen LogP contribution in [0.25, 0.3) is 0 Å². The smallest absolute Gasteiger partial charge is 0.194 e. The van der Waals surface area contributed by atoms with Crippen LogP contribution < -0.4 is 19.9 Å². The number of hydrogen-bond donors (Lipinski definition) is 1. The Balaban J connectivity index is 0.00000289. The summed E-state index contributed by atoms with van der Waals surface area (Å²) in [5.74, 6) is 4.33. The second kappa shape index (κ2) is 12.4. The Morgan fingerprint density at radius 3 is 2.28 bits per heavy atom. The van der Waals surface area contributed by atoms with E-state index in [0.717, 1.165) is 57.5 Å². The van der Waals surface area contributed by atoms with Crippen molar-refractivity contribution in [1.82, 2.24) is 10.2 Å². The van der Waals surface area contributed by atoms with Gasteiger partial charge in [-0.15, -0.1) is 24.0 Å². The van der Waals surface area contributed by atoms with Crippen LogP contribution in [0.3, 0.4) is 0 Å². The maximum Gasteiger partial charge on any atom is 0.194 e. The fourth-order valence-corrected chi connectivity index (χ4v) is 5.05. The first-order valence-electron chi connectivity index (χ1n) is 11.0. The van der Waals surface area contributed by atoms with Gasteiger partial charge >= 0.3 is 0 Å². The van der Waals surface area contributed by atoms with E-state index in [1.807, 2.05) is 24.9 Å². The number of ether oxygens (including phenoxy) is 1. The van der Waals surface area contributed by atoms with Crippen molar-refractivity contribution in [2.24, 2.45) is 4.99 Å². The van der Waals surface area contributed by atoms with E-state index in [9.17, 15) is 0 Å². The fraction of sp³-hybridized carbons (Fsp3) is 0.458. The van der Waals surface area contributed by atoms with Crippen molar-refractivity contribution in [2.45, 2.75) is 6.54 Å². The van der Waals surface area contributed by atoms with Crippen LogP contribution in [0.15, 0.2) is 53.5 Å². The van der Waals surface area contributed by atoms with Crippen molar-refractivity contribution in [3.05, 3.63) is 54.1 Å². The van der Waals surface area contributed by atoms with Gasteiger partial charge in [-0.25, -0.2) is 0 Å².